The predicted octanol–water partition coefficient (Wildman–Crippen LogP) is 2.11. The Morgan fingerprint density at radius 2 is 2.26 bits per heavy atom. The minimum absolute atomic E-state index is 0.253. The Kier molecular flexibility index (Phi) is 4.62. The van der Waals surface area contributed by atoms with Crippen molar-refractivity contribution in [3.63, 3.8) is 0 Å². The Balaban J connectivity index is 1.79. The van der Waals surface area contributed by atoms with Crippen LogP contribution in [0.5, 0.6) is 0 Å². The van der Waals surface area contributed by atoms with Crippen LogP contribution in [0.15, 0.2) is 22.6 Å². The number of furan rings is 1. The predicted molar refractivity (Wildman–Crippen MR) is 77.2 cm³/mol. The fourth-order valence-electron chi connectivity index (χ4n) is 1.38. The fraction of sp³-hybridized carbons (Fsp3) is 0.385. The third kappa shape index (κ3) is 4.70. The van der Waals surface area contributed by atoms with E-state index in [0.29, 0.717) is 5.76 Å². The average Bonchev–Trinajstić information content (AvgIpc) is 3.07. The first-order valence-corrected chi connectivity index (χ1v) is 7.07. The second-order valence-corrected chi connectivity index (χ2v) is 5.40. The summed E-state index contributed by atoms with van der Waals surface area (Å²) in [4.78, 5) is 23.1. The molecule has 1 fully saturated rings. The summed E-state index contributed by atoms with van der Waals surface area (Å²) in [6.45, 7) is 1.55. The van der Waals surface area contributed by atoms with Crippen molar-refractivity contribution in [2.45, 2.75) is 31.9 Å². The molecule has 102 valence electrons. The van der Waals surface area contributed by atoms with E-state index in [-0.39, 0.29) is 11.9 Å². The molecule has 1 heterocycles. The number of ether oxygens (including phenoxy) is 1. The highest BCUT2D eigenvalue weighted by Gasteiger charge is 2.26. The van der Waals surface area contributed by atoms with Crippen LogP contribution in [0.2, 0.25) is 0 Å². The van der Waals surface area contributed by atoms with Crippen molar-refractivity contribution in [2.24, 2.45) is 0 Å². The quantitative estimate of drug-likeness (QED) is 0.486. The molecule has 1 N–H and O–H groups in total. The van der Waals surface area contributed by atoms with Crippen molar-refractivity contribution in [3.8, 4) is 0 Å². The normalized spacial score (nSPS) is 16.3. The molecule has 1 aliphatic carbocycles. The van der Waals surface area contributed by atoms with E-state index in [4.69, 9.17) is 9.15 Å². The van der Waals surface area contributed by atoms with Gasteiger partial charge in [-0.25, -0.2) is 4.79 Å². The molecule has 1 saturated carbocycles. The van der Waals surface area contributed by atoms with Gasteiger partial charge in [-0.15, -0.1) is 0 Å². The molecule has 19 heavy (non-hydrogen) atoms. The maximum atomic E-state index is 11.6. The molecule has 0 aromatic carbocycles. The number of amides is 1. The van der Waals surface area contributed by atoms with Crippen LogP contribution in [-0.2, 0) is 14.3 Å². The SMILES string of the molecule is CC(OC(=O)/C=C/c1ccc(I)o1)C(=O)NC1CC1. The molecule has 2 rings (SSSR count). The Morgan fingerprint density at radius 3 is 2.84 bits per heavy atom. The number of rotatable bonds is 5. The lowest BCUT2D eigenvalue weighted by Gasteiger charge is -2.11. The summed E-state index contributed by atoms with van der Waals surface area (Å²) in [5.74, 6) is -0.252. The molecule has 1 aliphatic rings. The number of hydrogen-bond acceptors (Lipinski definition) is 4. The third-order valence-electron chi connectivity index (χ3n) is 2.56. The lowest BCUT2D eigenvalue weighted by Crippen LogP contribution is -2.36. The van der Waals surface area contributed by atoms with E-state index in [1.165, 1.54) is 12.2 Å². The van der Waals surface area contributed by atoms with Crippen LogP contribution in [0.3, 0.4) is 0 Å². The molecule has 0 bridgehead atoms. The Hall–Kier alpha value is -1.31. The van der Waals surface area contributed by atoms with Gasteiger partial charge in [-0.1, -0.05) is 0 Å². The van der Waals surface area contributed by atoms with Crippen LogP contribution in [0.1, 0.15) is 25.5 Å². The smallest absolute Gasteiger partial charge is 0.331 e. The van der Waals surface area contributed by atoms with Crippen molar-refractivity contribution in [1.29, 1.82) is 0 Å². The van der Waals surface area contributed by atoms with E-state index >= 15 is 0 Å². The van der Waals surface area contributed by atoms with Gasteiger partial charge in [-0.05, 0) is 60.6 Å². The van der Waals surface area contributed by atoms with Crippen LogP contribution >= 0.6 is 22.6 Å². The summed E-state index contributed by atoms with van der Waals surface area (Å²) in [5.41, 5.74) is 0. The molecule has 1 unspecified atom stereocenters. The molecule has 1 amide bonds. The van der Waals surface area contributed by atoms with Crippen molar-refractivity contribution < 1.29 is 18.7 Å². The van der Waals surface area contributed by atoms with Crippen molar-refractivity contribution in [1.82, 2.24) is 5.32 Å². The first kappa shape index (κ1) is 14.1. The Morgan fingerprint density at radius 1 is 1.53 bits per heavy atom. The summed E-state index contributed by atoms with van der Waals surface area (Å²) >= 11 is 2.03. The monoisotopic (exact) mass is 375 g/mol. The molecule has 1 aromatic rings. The van der Waals surface area contributed by atoms with Gasteiger partial charge in [-0.2, -0.15) is 0 Å². The van der Waals surface area contributed by atoms with Crippen LogP contribution in [-0.4, -0.2) is 24.0 Å². The summed E-state index contributed by atoms with van der Waals surface area (Å²) in [6, 6.07) is 3.79. The number of carbonyl (C=O) groups excluding carboxylic acids is 2. The number of nitrogens with one attached hydrogen (secondary N) is 1. The average molecular weight is 375 g/mol. The van der Waals surface area contributed by atoms with Crippen molar-refractivity contribution in [2.75, 3.05) is 0 Å². The zero-order valence-electron chi connectivity index (χ0n) is 10.4. The molecular weight excluding hydrogens is 361 g/mol. The molecule has 0 radical (unpaired) electrons. The van der Waals surface area contributed by atoms with Gasteiger partial charge in [-0.3, -0.25) is 4.79 Å². The molecular formula is C13H14INO4. The molecule has 5 nitrogen and oxygen atoms in total. The summed E-state index contributed by atoms with van der Waals surface area (Å²) in [5, 5.41) is 2.78. The second kappa shape index (κ2) is 6.23. The van der Waals surface area contributed by atoms with Crippen LogP contribution < -0.4 is 5.32 Å². The zero-order chi connectivity index (χ0) is 13.8. The van der Waals surface area contributed by atoms with Gasteiger partial charge in [0, 0.05) is 12.1 Å². The Labute approximate surface area is 124 Å². The van der Waals surface area contributed by atoms with Gasteiger partial charge < -0.3 is 14.5 Å². The maximum absolute atomic E-state index is 11.6. The summed E-state index contributed by atoms with van der Waals surface area (Å²) in [6.07, 6.45) is 3.98. The Bertz CT molecular complexity index is 504. The first-order valence-electron chi connectivity index (χ1n) is 5.99. The summed E-state index contributed by atoms with van der Waals surface area (Å²) in [7, 11) is 0. The molecule has 0 spiro atoms. The molecule has 6 heteroatoms. The van der Waals surface area contributed by atoms with Crippen LogP contribution in [0, 0.1) is 3.77 Å². The topological polar surface area (TPSA) is 68.5 Å². The van der Waals surface area contributed by atoms with Gasteiger partial charge >= 0.3 is 5.97 Å². The van der Waals surface area contributed by atoms with E-state index in [0.717, 1.165) is 16.6 Å². The molecule has 0 aliphatic heterocycles. The number of halogens is 1. The second-order valence-electron chi connectivity index (χ2n) is 4.34. The minimum atomic E-state index is -0.783. The third-order valence-corrected chi connectivity index (χ3v) is 3.14. The number of esters is 1. The highest BCUT2D eigenvalue weighted by molar-refractivity contribution is 14.1. The van der Waals surface area contributed by atoms with Gasteiger partial charge in [0.25, 0.3) is 5.91 Å². The molecule has 0 saturated heterocycles. The number of carbonyl (C=O) groups is 2. The highest BCUT2D eigenvalue weighted by atomic mass is 127. The van der Waals surface area contributed by atoms with Gasteiger partial charge in [0.2, 0.25) is 0 Å². The maximum Gasteiger partial charge on any atom is 0.331 e. The van der Waals surface area contributed by atoms with Crippen molar-refractivity contribution >= 4 is 40.5 Å². The lowest BCUT2D eigenvalue weighted by molar-refractivity contribution is -0.150. The fourth-order valence-corrected chi connectivity index (χ4v) is 1.82. The van der Waals surface area contributed by atoms with E-state index < -0.39 is 12.1 Å². The van der Waals surface area contributed by atoms with E-state index in [2.05, 4.69) is 5.32 Å². The highest BCUT2D eigenvalue weighted by Crippen LogP contribution is 2.18. The molecule has 1 aromatic heterocycles. The van der Waals surface area contributed by atoms with E-state index in [9.17, 15) is 9.59 Å². The van der Waals surface area contributed by atoms with Crippen molar-refractivity contribution in [3.05, 3.63) is 27.7 Å². The van der Waals surface area contributed by atoms with Gasteiger partial charge in [0.05, 0.1) is 0 Å². The van der Waals surface area contributed by atoms with Crippen LogP contribution in [0.25, 0.3) is 6.08 Å². The zero-order valence-corrected chi connectivity index (χ0v) is 12.5. The first-order chi connectivity index (χ1) is 9.04. The summed E-state index contributed by atoms with van der Waals surface area (Å²) < 4.78 is 11.0. The minimum Gasteiger partial charge on any atom is -0.451 e. The standard InChI is InChI=1S/C13H14INO4/c1-8(13(17)15-9-2-3-9)18-12(16)7-5-10-4-6-11(14)19-10/h4-9H,2-3H2,1H3,(H,15,17)/b7-5+. The largest absolute Gasteiger partial charge is 0.451 e. The number of hydrogen-bond donors (Lipinski definition) is 1. The lowest BCUT2D eigenvalue weighted by atomic mass is 10.3. The van der Waals surface area contributed by atoms with E-state index in [1.54, 1.807) is 19.1 Å². The van der Waals surface area contributed by atoms with E-state index in [1.807, 2.05) is 22.6 Å². The molecule has 1 atom stereocenters. The van der Waals surface area contributed by atoms with Crippen LogP contribution in [0.4, 0.5) is 0 Å². The van der Waals surface area contributed by atoms with Gasteiger partial charge in [0.1, 0.15) is 5.76 Å². The van der Waals surface area contributed by atoms with Gasteiger partial charge in [0.15, 0.2) is 9.87 Å².